The molecule has 106 valence electrons. The molecule has 0 radical (unpaired) electrons. The first-order valence-corrected chi connectivity index (χ1v) is 6.80. The number of para-hydroxylation sites is 1. The number of rotatable bonds is 2. The fourth-order valence-corrected chi connectivity index (χ4v) is 2.38. The maximum absolute atomic E-state index is 12.6. The van der Waals surface area contributed by atoms with Gasteiger partial charge in [-0.25, -0.2) is 0 Å². The number of hydrazone groups is 1. The number of benzene rings is 1. The van der Waals surface area contributed by atoms with Gasteiger partial charge in [0.05, 0.1) is 17.0 Å². The van der Waals surface area contributed by atoms with E-state index in [1.54, 1.807) is 0 Å². The van der Waals surface area contributed by atoms with Crippen LogP contribution in [0.4, 0.5) is 5.69 Å². The molecule has 0 bridgehead atoms. The van der Waals surface area contributed by atoms with Gasteiger partial charge in [0.15, 0.2) is 0 Å². The van der Waals surface area contributed by atoms with E-state index in [1.807, 2.05) is 63.2 Å². The van der Waals surface area contributed by atoms with E-state index >= 15 is 0 Å². The molecule has 0 spiro atoms. The highest BCUT2D eigenvalue weighted by molar-refractivity contribution is 6.32. The number of anilines is 1. The fraction of sp³-hybridized carbons (Fsp3) is 0.176. The summed E-state index contributed by atoms with van der Waals surface area (Å²) in [4.78, 5) is 12.6. The predicted octanol–water partition coefficient (Wildman–Crippen LogP) is 3.70. The molecule has 2 aromatic rings. The van der Waals surface area contributed by atoms with Crippen LogP contribution in [0.2, 0.25) is 0 Å². The van der Waals surface area contributed by atoms with Gasteiger partial charge < -0.3 is 4.42 Å². The molecule has 0 unspecified atom stereocenters. The molecule has 0 N–H and O–H groups in total. The molecule has 1 aliphatic rings. The van der Waals surface area contributed by atoms with Crippen LogP contribution in [0.15, 0.2) is 51.5 Å². The van der Waals surface area contributed by atoms with Gasteiger partial charge in [-0.05, 0) is 45.0 Å². The molecule has 4 heteroatoms. The molecule has 0 fully saturated rings. The molecule has 4 nitrogen and oxygen atoms in total. The van der Waals surface area contributed by atoms with Crippen LogP contribution < -0.4 is 5.01 Å². The van der Waals surface area contributed by atoms with Crippen molar-refractivity contribution in [3.8, 4) is 0 Å². The second kappa shape index (κ2) is 5.05. The van der Waals surface area contributed by atoms with E-state index in [1.165, 1.54) is 5.01 Å². The largest absolute Gasteiger partial charge is 0.466 e. The number of hydrogen-bond donors (Lipinski definition) is 0. The van der Waals surface area contributed by atoms with Crippen molar-refractivity contribution in [3.05, 3.63) is 59.1 Å². The standard InChI is InChI=1S/C17H16N2O2/c1-11-9-14(13(3)21-11)10-16-12(2)18-19(17(16)20)15-7-5-4-6-8-15/h4-10H,1-3H3/b16-10+. The van der Waals surface area contributed by atoms with Crippen LogP contribution in [0.3, 0.4) is 0 Å². The number of nitrogens with zero attached hydrogens (tertiary/aromatic N) is 2. The fourth-order valence-electron chi connectivity index (χ4n) is 2.38. The monoisotopic (exact) mass is 280 g/mol. The highest BCUT2D eigenvalue weighted by atomic mass is 16.3. The lowest BCUT2D eigenvalue weighted by Gasteiger charge is -2.10. The van der Waals surface area contributed by atoms with Gasteiger partial charge >= 0.3 is 0 Å². The number of aryl methyl sites for hydroxylation is 2. The summed E-state index contributed by atoms with van der Waals surface area (Å²) in [5.41, 5.74) is 3.00. The van der Waals surface area contributed by atoms with Gasteiger partial charge in [0.1, 0.15) is 11.5 Å². The Labute approximate surface area is 123 Å². The Morgan fingerprint density at radius 3 is 2.48 bits per heavy atom. The van der Waals surface area contributed by atoms with Crippen molar-refractivity contribution in [2.75, 3.05) is 5.01 Å². The molecule has 0 atom stereocenters. The van der Waals surface area contributed by atoms with Crippen molar-refractivity contribution in [2.24, 2.45) is 5.10 Å². The molecule has 1 amide bonds. The third kappa shape index (κ3) is 2.40. The first kappa shape index (κ1) is 13.4. The predicted molar refractivity (Wildman–Crippen MR) is 83.2 cm³/mol. The van der Waals surface area contributed by atoms with Gasteiger partial charge in [0, 0.05) is 5.56 Å². The van der Waals surface area contributed by atoms with Crippen LogP contribution in [0.1, 0.15) is 24.0 Å². The quantitative estimate of drug-likeness (QED) is 0.787. The van der Waals surface area contributed by atoms with Gasteiger partial charge in [-0.3, -0.25) is 4.79 Å². The normalized spacial score (nSPS) is 16.7. The Morgan fingerprint density at radius 1 is 1.14 bits per heavy atom. The van der Waals surface area contributed by atoms with Gasteiger partial charge in [-0.15, -0.1) is 0 Å². The molecule has 1 aromatic carbocycles. The Hall–Kier alpha value is -2.62. The molecule has 1 aliphatic heterocycles. The van der Waals surface area contributed by atoms with Crippen molar-refractivity contribution in [1.29, 1.82) is 0 Å². The van der Waals surface area contributed by atoms with E-state index in [4.69, 9.17) is 4.42 Å². The summed E-state index contributed by atoms with van der Waals surface area (Å²) in [6.45, 7) is 5.62. The highest BCUT2D eigenvalue weighted by Gasteiger charge is 2.28. The molecule has 3 rings (SSSR count). The minimum Gasteiger partial charge on any atom is -0.466 e. The summed E-state index contributed by atoms with van der Waals surface area (Å²) >= 11 is 0. The van der Waals surface area contributed by atoms with E-state index in [0.717, 1.165) is 22.8 Å². The summed E-state index contributed by atoms with van der Waals surface area (Å²) < 4.78 is 5.50. The third-order valence-electron chi connectivity index (χ3n) is 3.44. The lowest BCUT2D eigenvalue weighted by Crippen LogP contribution is -2.21. The number of carbonyl (C=O) groups excluding carboxylic acids is 1. The van der Waals surface area contributed by atoms with Gasteiger partial charge in [-0.2, -0.15) is 10.1 Å². The topological polar surface area (TPSA) is 45.8 Å². The summed E-state index contributed by atoms with van der Waals surface area (Å²) in [6.07, 6.45) is 1.84. The second-order valence-electron chi connectivity index (χ2n) is 5.06. The maximum Gasteiger partial charge on any atom is 0.280 e. The van der Waals surface area contributed by atoms with E-state index in [9.17, 15) is 4.79 Å². The molecular formula is C17H16N2O2. The minimum atomic E-state index is -0.114. The smallest absolute Gasteiger partial charge is 0.280 e. The van der Waals surface area contributed by atoms with Crippen molar-refractivity contribution < 1.29 is 9.21 Å². The number of amides is 1. The van der Waals surface area contributed by atoms with Gasteiger partial charge in [-0.1, -0.05) is 18.2 Å². The number of hydrogen-bond acceptors (Lipinski definition) is 3. The summed E-state index contributed by atoms with van der Waals surface area (Å²) in [6, 6.07) is 11.3. The van der Waals surface area contributed by atoms with Crippen molar-refractivity contribution in [2.45, 2.75) is 20.8 Å². The van der Waals surface area contributed by atoms with Crippen LogP contribution in [0.5, 0.6) is 0 Å². The van der Waals surface area contributed by atoms with Crippen molar-refractivity contribution >= 4 is 23.4 Å². The zero-order chi connectivity index (χ0) is 15.0. The lowest BCUT2D eigenvalue weighted by molar-refractivity contribution is -0.114. The van der Waals surface area contributed by atoms with E-state index in [2.05, 4.69) is 5.10 Å². The Balaban J connectivity index is 1.98. The second-order valence-corrected chi connectivity index (χ2v) is 5.06. The van der Waals surface area contributed by atoms with Crippen molar-refractivity contribution in [3.63, 3.8) is 0 Å². The molecule has 1 aromatic heterocycles. The zero-order valence-electron chi connectivity index (χ0n) is 12.3. The first-order valence-electron chi connectivity index (χ1n) is 6.80. The maximum atomic E-state index is 12.6. The third-order valence-corrected chi connectivity index (χ3v) is 3.44. The van der Waals surface area contributed by atoms with Crippen LogP contribution in [-0.2, 0) is 4.79 Å². The Kier molecular flexibility index (Phi) is 3.22. The average Bonchev–Trinajstić information content (AvgIpc) is 2.93. The van der Waals surface area contributed by atoms with E-state index in [-0.39, 0.29) is 5.91 Å². The molecule has 0 saturated carbocycles. The molecule has 0 saturated heterocycles. The number of furan rings is 1. The Bertz CT molecular complexity index is 754. The lowest BCUT2D eigenvalue weighted by atomic mass is 10.1. The minimum absolute atomic E-state index is 0.114. The molecule has 0 aliphatic carbocycles. The molecule has 2 heterocycles. The highest BCUT2D eigenvalue weighted by Crippen LogP contribution is 2.26. The van der Waals surface area contributed by atoms with Gasteiger partial charge in [0.25, 0.3) is 5.91 Å². The van der Waals surface area contributed by atoms with E-state index < -0.39 is 0 Å². The summed E-state index contributed by atoms with van der Waals surface area (Å²) in [5, 5.41) is 5.79. The SMILES string of the molecule is CC1=NN(c2ccccc2)C(=O)/C1=C/c1cc(C)oc1C. The van der Waals surface area contributed by atoms with Gasteiger partial charge in [0.2, 0.25) is 0 Å². The Morgan fingerprint density at radius 2 is 1.86 bits per heavy atom. The van der Waals surface area contributed by atoms with Crippen LogP contribution in [0, 0.1) is 13.8 Å². The van der Waals surface area contributed by atoms with Crippen molar-refractivity contribution in [1.82, 2.24) is 0 Å². The summed E-state index contributed by atoms with van der Waals surface area (Å²) in [5.74, 6) is 1.52. The van der Waals surface area contributed by atoms with Crippen LogP contribution in [-0.4, -0.2) is 11.6 Å². The zero-order valence-corrected chi connectivity index (χ0v) is 12.3. The molecule has 21 heavy (non-hydrogen) atoms. The first-order chi connectivity index (χ1) is 10.1. The van der Waals surface area contributed by atoms with Crippen LogP contribution in [0.25, 0.3) is 6.08 Å². The summed E-state index contributed by atoms with van der Waals surface area (Å²) in [7, 11) is 0. The number of carbonyl (C=O) groups is 1. The van der Waals surface area contributed by atoms with E-state index in [0.29, 0.717) is 11.3 Å². The van der Waals surface area contributed by atoms with Crippen LogP contribution >= 0.6 is 0 Å². The molecular weight excluding hydrogens is 264 g/mol. The average molecular weight is 280 g/mol.